The third-order valence-electron chi connectivity index (χ3n) is 3.42. The predicted octanol–water partition coefficient (Wildman–Crippen LogP) is 0.736. The number of H-pyrrole nitrogens is 1. The smallest absolute Gasteiger partial charge is 0.233 e. The fraction of sp³-hybridized carbons (Fsp3) is 0.385. The van der Waals surface area contributed by atoms with E-state index in [-0.39, 0.29) is 17.9 Å². The van der Waals surface area contributed by atoms with Gasteiger partial charge in [0.05, 0.1) is 30.2 Å². The number of para-hydroxylation sites is 2. The highest BCUT2D eigenvalue weighted by molar-refractivity contribution is 5.93. The molecule has 100 valence electrons. The second kappa shape index (κ2) is 4.99. The van der Waals surface area contributed by atoms with E-state index in [2.05, 4.69) is 20.6 Å². The molecule has 3 N–H and O–H groups in total. The number of aromatic nitrogens is 2. The van der Waals surface area contributed by atoms with Gasteiger partial charge in [0.2, 0.25) is 11.9 Å². The van der Waals surface area contributed by atoms with E-state index >= 15 is 0 Å². The van der Waals surface area contributed by atoms with Crippen LogP contribution >= 0.6 is 0 Å². The molecule has 0 saturated carbocycles. The zero-order valence-electron chi connectivity index (χ0n) is 10.6. The van der Waals surface area contributed by atoms with Gasteiger partial charge in [-0.3, -0.25) is 10.1 Å². The summed E-state index contributed by atoms with van der Waals surface area (Å²) in [6.45, 7) is 1.01. The minimum atomic E-state index is -0.182. The summed E-state index contributed by atoms with van der Waals surface area (Å²) in [7, 11) is 1.83. The maximum atomic E-state index is 12.2. The van der Waals surface area contributed by atoms with Crippen LogP contribution in [0.5, 0.6) is 0 Å². The van der Waals surface area contributed by atoms with Gasteiger partial charge < -0.3 is 15.0 Å². The highest BCUT2D eigenvalue weighted by atomic mass is 16.5. The van der Waals surface area contributed by atoms with Crippen LogP contribution in [0.15, 0.2) is 24.3 Å². The van der Waals surface area contributed by atoms with Gasteiger partial charge in [0, 0.05) is 6.04 Å². The number of hydrogen-bond acceptors (Lipinski definition) is 4. The largest absolute Gasteiger partial charge is 0.379 e. The Balaban J connectivity index is 1.75. The third kappa shape index (κ3) is 2.32. The first-order valence-corrected chi connectivity index (χ1v) is 6.28. The van der Waals surface area contributed by atoms with Crippen LogP contribution in [0.25, 0.3) is 11.0 Å². The molecule has 1 saturated heterocycles. The second-order valence-corrected chi connectivity index (χ2v) is 4.63. The van der Waals surface area contributed by atoms with Crippen LogP contribution in [0.3, 0.4) is 0 Å². The van der Waals surface area contributed by atoms with Crippen molar-refractivity contribution in [2.75, 3.05) is 25.6 Å². The summed E-state index contributed by atoms with van der Waals surface area (Å²) in [6, 6.07) is 7.72. The number of anilines is 1. The van der Waals surface area contributed by atoms with Crippen molar-refractivity contribution >= 4 is 22.9 Å². The molecule has 0 spiro atoms. The van der Waals surface area contributed by atoms with Gasteiger partial charge in [-0.25, -0.2) is 4.98 Å². The molecule has 1 amide bonds. The van der Waals surface area contributed by atoms with E-state index in [4.69, 9.17) is 4.74 Å². The SMILES string of the molecule is CNC1COCC1C(=O)Nc1nc2ccccc2[nH]1. The molecule has 1 aromatic heterocycles. The summed E-state index contributed by atoms with van der Waals surface area (Å²) >= 11 is 0. The van der Waals surface area contributed by atoms with Crippen molar-refractivity contribution < 1.29 is 9.53 Å². The average molecular weight is 260 g/mol. The summed E-state index contributed by atoms with van der Waals surface area (Å²) in [4.78, 5) is 19.6. The molecule has 0 radical (unpaired) electrons. The Labute approximate surface area is 110 Å². The van der Waals surface area contributed by atoms with Crippen LogP contribution in [-0.2, 0) is 9.53 Å². The fourth-order valence-electron chi connectivity index (χ4n) is 2.32. The first-order chi connectivity index (χ1) is 9.28. The molecule has 6 heteroatoms. The Morgan fingerprint density at radius 2 is 2.26 bits per heavy atom. The molecule has 1 fully saturated rings. The number of aromatic amines is 1. The summed E-state index contributed by atoms with van der Waals surface area (Å²) in [5, 5.41) is 5.90. The maximum Gasteiger partial charge on any atom is 0.233 e. The Hall–Kier alpha value is -1.92. The molecular formula is C13H16N4O2. The molecular weight excluding hydrogens is 244 g/mol. The van der Waals surface area contributed by atoms with Crippen molar-refractivity contribution in [2.45, 2.75) is 6.04 Å². The van der Waals surface area contributed by atoms with Crippen molar-refractivity contribution in [3.63, 3.8) is 0 Å². The predicted molar refractivity (Wildman–Crippen MR) is 71.9 cm³/mol. The minimum Gasteiger partial charge on any atom is -0.379 e. The minimum absolute atomic E-state index is 0.0596. The standard InChI is InChI=1S/C13H16N4O2/c1-14-11-7-19-6-8(11)12(18)17-13-15-9-4-2-3-5-10(9)16-13/h2-5,8,11,14H,6-7H2,1H3,(H2,15,16,17,18). The lowest BCUT2D eigenvalue weighted by Gasteiger charge is -2.15. The second-order valence-electron chi connectivity index (χ2n) is 4.63. The highest BCUT2D eigenvalue weighted by Crippen LogP contribution is 2.17. The number of nitrogens with zero attached hydrogens (tertiary/aromatic N) is 1. The molecule has 2 heterocycles. The summed E-state index contributed by atoms with van der Waals surface area (Å²) < 4.78 is 5.32. The number of ether oxygens (including phenoxy) is 1. The lowest BCUT2D eigenvalue weighted by molar-refractivity contribution is -0.120. The lowest BCUT2D eigenvalue weighted by Crippen LogP contribution is -2.39. The van der Waals surface area contributed by atoms with E-state index in [0.29, 0.717) is 19.2 Å². The number of carbonyl (C=O) groups is 1. The normalized spacial score (nSPS) is 22.8. The van der Waals surface area contributed by atoms with Crippen LogP contribution in [0.2, 0.25) is 0 Å². The van der Waals surface area contributed by atoms with E-state index in [1.807, 2.05) is 31.3 Å². The van der Waals surface area contributed by atoms with E-state index in [1.54, 1.807) is 0 Å². The van der Waals surface area contributed by atoms with Crippen LogP contribution in [-0.4, -0.2) is 42.2 Å². The first-order valence-electron chi connectivity index (χ1n) is 6.28. The van der Waals surface area contributed by atoms with E-state index in [0.717, 1.165) is 11.0 Å². The van der Waals surface area contributed by atoms with Crippen LogP contribution < -0.4 is 10.6 Å². The van der Waals surface area contributed by atoms with Crippen LogP contribution in [0.1, 0.15) is 0 Å². The Morgan fingerprint density at radius 1 is 1.42 bits per heavy atom. The number of hydrogen-bond donors (Lipinski definition) is 3. The number of benzene rings is 1. The molecule has 2 aromatic rings. The molecule has 6 nitrogen and oxygen atoms in total. The number of likely N-dealkylation sites (N-methyl/N-ethyl adjacent to an activating group) is 1. The van der Waals surface area contributed by atoms with Crippen molar-refractivity contribution in [1.82, 2.24) is 15.3 Å². The molecule has 2 unspecified atom stereocenters. The quantitative estimate of drug-likeness (QED) is 0.760. The zero-order chi connectivity index (χ0) is 13.2. The fourth-order valence-corrected chi connectivity index (χ4v) is 2.32. The Morgan fingerprint density at radius 3 is 3.05 bits per heavy atom. The van der Waals surface area contributed by atoms with Crippen molar-refractivity contribution in [3.8, 4) is 0 Å². The zero-order valence-corrected chi connectivity index (χ0v) is 10.6. The van der Waals surface area contributed by atoms with Gasteiger partial charge in [-0.05, 0) is 19.2 Å². The van der Waals surface area contributed by atoms with Gasteiger partial charge in [0.15, 0.2) is 0 Å². The Bertz CT molecular complexity index is 562. The molecule has 2 atom stereocenters. The van der Waals surface area contributed by atoms with Gasteiger partial charge in [-0.1, -0.05) is 12.1 Å². The summed E-state index contributed by atoms with van der Waals surface area (Å²) in [6.07, 6.45) is 0. The molecule has 0 aliphatic carbocycles. The van der Waals surface area contributed by atoms with Crippen LogP contribution in [0, 0.1) is 5.92 Å². The lowest BCUT2D eigenvalue weighted by atomic mass is 10.0. The number of amides is 1. The summed E-state index contributed by atoms with van der Waals surface area (Å²) in [5.41, 5.74) is 1.75. The van der Waals surface area contributed by atoms with Gasteiger partial charge in [0.1, 0.15) is 0 Å². The number of nitrogens with one attached hydrogen (secondary N) is 3. The van der Waals surface area contributed by atoms with E-state index in [1.165, 1.54) is 0 Å². The molecule has 1 aliphatic rings. The molecule has 1 aliphatic heterocycles. The third-order valence-corrected chi connectivity index (χ3v) is 3.42. The van der Waals surface area contributed by atoms with Crippen molar-refractivity contribution in [3.05, 3.63) is 24.3 Å². The molecule has 0 bridgehead atoms. The van der Waals surface area contributed by atoms with Gasteiger partial charge in [-0.15, -0.1) is 0 Å². The molecule has 3 rings (SSSR count). The summed E-state index contributed by atoms with van der Waals surface area (Å²) in [5.74, 6) is 0.224. The number of imidazole rings is 1. The highest BCUT2D eigenvalue weighted by Gasteiger charge is 2.33. The van der Waals surface area contributed by atoms with Gasteiger partial charge in [-0.2, -0.15) is 0 Å². The van der Waals surface area contributed by atoms with Gasteiger partial charge in [0.25, 0.3) is 0 Å². The Kier molecular flexibility index (Phi) is 3.18. The maximum absolute atomic E-state index is 12.2. The van der Waals surface area contributed by atoms with Crippen molar-refractivity contribution in [1.29, 1.82) is 0 Å². The number of fused-ring (bicyclic) bond motifs is 1. The first kappa shape index (κ1) is 12.1. The van der Waals surface area contributed by atoms with Crippen LogP contribution in [0.4, 0.5) is 5.95 Å². The monoisotopic (exact) mass is 260 g/mol. The van der Waals surface area contributed by atoms with E-state index in [9.17, 15) is 4.79 Å². The molecule has 1 aromatic carbocycles. The topological polar surface area (TPSA) is 79.0 Å². The van der Waals surface area contributed by atoms with E-state index < -0.39 is 0 Å². The van der Waals surface area contributed by atoms with Gasteiger partial charge >= 0.3 is 0 Å². The number of carbonyl (C=O) groups excluding carboxylic acids is 1. The van der Waals surface area contributed by atoms with Crippen molar-refractivity contribution in [2.24, 2.45) is 5.92 Å². The average Bonchev–Trinajstić information content (AvgIpc) is 3.03. The number of rotatable bonds is 3. The molecule has 19 heavy (non-hydrogen) atoms.